The zero-order chi connectivity index (χ0) is 43.7. The van der Waals surface area contributed by atoms with E-state index in [-0.39, 0.29) is 54.6 Å². The number of aliphatic hydroxyl groups excluding tert-OH is 1. The lowest BCUT2D eigenvalue weighted by Crippen LogP contribution is -2.48. The molecule has 2 N–H and O–H groups in total. The van der Waals surface area contributed by atoms with Gasteiger partial charge in [0, 0.05) is 20.3 Å². The fourth-order valence-corrected chi connectivity index (χ4v) is 5.68. The van der Waals surface area contributed by atoms with Gasteiger partial charge in [-0.1, -0.05) is 100 Å². The van der Waals surface area contributed by atoms with E-state index in [4.69, 9.17) is 18.9 Å². The van der Waals surface area contributed by atoms with Crippen LogP contribution in [-0.4, -0.2) is 130 Å². The summed E-state index contributed by atoms with van der Waals surface area (Å²) in [5.41, 5.74) is 0. The van der Waals surface area contributed by atoms with Crippen LogP contribution in [0.2, 0.25) is 0 Å². The Labute approximate surface area is 349 Å². The number of nitrogens with one attached hydrogen (secondary N) is 1. The fourth-order valence-electron chi connectivity index (χ4n) is 5.68. The molecule has 3 atom stereocenters. The van der Waals surface area contributed by atoms with Crippen molar-refractivity contribution in [3.8, 4) is 0 Å². The van der Waals surface area contributed by atoms with Crippen LogP contribution in [0.5, 0.6) is 0 Å². The molecule has 0 fully saturated rings. The zero-order valence-corrected chi connectivity index (χ0v) is 37.0. The van der Waals surface area contributed by atoms with E-state index in [0.29, 0.717) is 43.3 Å². The van der Waals surface area contributed by atoms with Gasteiger partial charge in [0.15, 0.2) is 19.3 Å². The molecule has 1 amide bonds. The number of likely N-dealkylation sites (N-methyl/N-ethyl adjacent to an activating group) is 2. The summed E-state index contributed by atoms with van der Waals surface area (Å²) >= 11 is 0. The van der Waals surface area contributed by atoms with Gasteiger partial charge in [0.1, 0.15) is 32.4 Å². The number of unbranched alkanes of at least 4 members (excludes halogenated alkanes) is 8. The Hall–Kier alpha value is -4.07. The van der Waals surface area contributed by atoms with Crippen molar-refractivity contribution in [1.82, 2.24) is 5.32 Å². The van der Waals surface area contributed by atoms with Gasteiger partial charge < -0.3 is 38.3 Å². The molecule has 0 rings (SSSR count). The van der Waals surface area contributed by atoms with Crippen molar-refractivity contribution < 1.29 is 57.0 Å². The zero-order valence-electron chi connectivity index (χ0n) is 37.0. The third-order valence-electron chi connectivity index (χ3n) is 9.09. The lowest BCUT2D eigenvalue weighted by Gasteiger charge is -2.30. The molecule has 3 unspecified atom stereocenters. The number of quaternary nitrogens is 2. The second kappa shape index (κ2) is 32.8. The van der Waals surface area contributed by atoms with Crippen molar-refractivity contribution in [1.29, 1.82) is 0 Å². The van der Waals surface area contributed by atoms with Crippen LogP contribution in [0.1, 0.15) is 111 Å². The third-order valence-corrected chi connectivity index (χ3v) is 9.09. The van der Waals surface area contributed by atoms with Crippen LogP contribution in [0.4, 0.5) is 0 Å². The highest BCUT2D eigenvalue weighted by Gasteiger charge is 2.28. The molecule has 0 saturated carbocycles. The lowest BCUT2D eigenvalue weighted by molar-refractivity contribution is -0.883. The second-order valence-corrected chi connectivity index (χ2v) is 15.9. The molecule has 0 bridgehead atoms. The standard InChI is InChI=1S/C45H76N3O10/c1-9-11-13-15-18-23-27-31-43(58-45(54)37-48(7,8)33-35-56-39(4)50)46-42(52)30-26-22-20-17-16-19-21-24-28-40(51)41(29-25-14-12-10-2)57-44(53)36-47(5,6)32-34-55-38(3)49/h9,11,13,15,18,21,23-24,27,31,40-41,43,51H,10,12,14,16-17,19-20,22,25-26,28-30,32-37H2,1-8H3/q+1/p+1/b11-9+,15-13+,23-18+,24-21?,31-27+. The molecule has 0 spiro atoms. The minimum absolute atomic E-state index is 0.0363. The number of esters is 4. The third kappa shape index (κ3) is 33.0. The minimum atomic E-state index is -0.928. The highest BCUT2D eigenvalue weighted by Crippen LogP contribution is 2.16. The average molecular weight is 820 g/mol. The fraction of sp³-hybridized carbons (Fsp3) is 0.667. The predicted octanol–water partition coefficient (Wildman–Crippen LogP) is 6.42. The van der Waals surface area contributed by atoms with E-state index in [1.807, 2.05) is 71.6 Å². The summed E-state index contributed by atoms with van der Waals surface area (Å²) in [6.45, 7) is 8.22. The number of hydrogen-bond acceptors (Lipinski definition) is 10. The SMILES string of the molecule is C/C=C/C=C/C=C/C=C/C(NC(=O)CCCCCCCC=CCC(O)C(CCCCCC)OC(=O)C[N+](C)(C)CCOC(C)=O)OC(=O)C[N+](C)(C)CCOC(C)=O. The Bertz CT molecular complexity index is 1340. The Kier molecular flexibility index (Phi) is 30.5. The number of carbonyl (C=O) groups is 5. The molecular formula is C45H77N3O10+2. The number of aliphatic hydroxyl groups is 1. The number of amides is 1. The normalized spacial score (nSPS) is 14.0. The summed E-state index contributed by atoms with van der Waals surface area (Å²) in [4.78, 5) is 60.7. The van der Waals surface area contributed by atoms with Gasteiger partial charge in [-0.2, -0.15) is 0 Å². The molecule has 58 heavy (non-hydrogen) atoms. The molecule has 330 valence electrons. The summed E-state index contributed by atoms with van der Waals surface area (Å²) < 4.78 is 22.0. The van der Waals surface area contributed by atoms with Gasteiger partial charge in [-0.05, 0) is 51.5 Å². The number of rotatable bonds is 33. The first kappa shape index (κ1) is 53.9. The van der Waals surface area contributed by atoms with Gasteiger partial charge in [-0.25, -0.2) is 9.59 Å². The summed E-state index contributed by atoms with van der Waals surface area (Å²) in [6.07, 6.45) is 27.0. The predicted molar refractivity (Wildman–Crippen MR) is 228 cm³/mol. The van der Waals surface area contributed by atoms with Gasteiger partial charge >= 0.3 is 23.9 Å². The first-order valence-corrected chi connectivity index (χ1v) is 21.0. The maximum Gasteiger partial charge on any atom is 0.363 e. The van der Waals surface area contributed by atoms with Crippen LogP contribution < -0.4 is 5.32 Å². The molecule has 13 nitrogen and oxygen atoms in total. The van der Waals surface area contributed by atoms with Gasteiger partial charge in [0.05, 0.1) is 34.3 Å². The van der Waals surface area contributed by atoms with E-state index in [0.717, 1.165) is 57.8 Å². The van der Waals surface area contributed by atoms with E-state index >= 15 is 0 Å². The minimum Gasteiger partial charge on any atom is -0.460 e. The van der Waals surface area contributed by atoms with Crippen molar-refractivity contribution >= 4 is 29.8 Å². The molecule has 0 aromatic carbocycles. The summed E-state index contributed by atoms with van der Waals surface area (Å²) in [6, 6.07) is 0. The molecule has 0 aliphatic rings. The van der Waals surface area contributed by atoms with Crippen molar-refractivity contribution in [3.63, 3.8) is 0 Å². The van der Waals surface area contributed by atoms with E-state index in [1.54, 1.807) is 18.2 Å². The highest BCUT2D eigenvalue weighted by atomic mass is 16.6. The molecule has 0 heterocycles. The highest BCUT2D eigenvalue weighted by molar-refractivity contribution is 5.77. The van der Waals surface area contributed by atoms with Crippen LogP contribution in [0.15, 0.2) is 60.8 Å². The van der Waals surface area contributed by atoms with Gasteiger partial charge in [0.2, 0.25) is 5.91 Å². The van der Waals surface area contributed by atoms with Crippen LogP contribution in [0, 0.1) is 0 Å². The molecular weight excluding hydrogens is 743 g/mol. The largest absolute Gasteiger partial charge is 0.460 e. The van der Waals surface area contributed by atoms with E-state index < -0.39 is 24.4 Å². The topological polar surface area (TPSA) is 155 Å². The van der Waals surface area contributed by atoms with Crippen LogP contribution in [0.3, 0.4) is 0 Å². The first-order chi connectivity index (χ1) is 27.5. The summed E-state index contributed by atoms with van der Waals surface area (Å²) in [7, 11) is 7.43. The number of hydrogen-bond donors (Lipinski definition) is 2. The molecule has 13 heteroatoms. The molecule has 0 saturated heterocycles. The van der Waals surface area contributed by atoms with Crippen LogP contribution >= 0.6 is 0 Å². The van der Waals surface area contributed by atoms with Crippen molar-refractivity contribution in [2.24, 2.45) is 0 Å². The van der Waals surface area contributed by atoms with Crippen molar-refractivity contribution in [2.45, 2.75) is 130 Å². The number of ether oxygens (including phenoxy) is 4. The van der Waals surface area contributed by atoms with E-state index in [2.05, 4.69) is 18.3 Å². The van der Waals surface area contributed by atoms with E-state index in [1.165, 1.54) is 13.8 Å². The average Bonchev–Trinajstić information content (AvgIpc) is 3.12. The maximum atomic E-state index is 12.8. The molecule has 0 aliphatic carbocycles. The monoisotopic (exact) mass is 820 g/mol. The molecule has 0 aromatic heterocycles. The summed E-state index contributed by atoms with van der Waals surface area (Å²) in [5, 5.41) is 13.8. The Morgan fingerprint density at radius 2 is 1.21 bits per heavy atom. The van der Waals surface area contributed by atoms with Gasteiger partial charge in [-0.15, -0.1) is 0 Å². The Morgan fingerprint density at radius 1 is 0.672 bits per heavy atom. The summed E-state index contributed by atoms with van der Waals surface area (Å²) in [5.74, 6) is -1.81. The number of allylic oxidation sites excluding steroid dienone is 8. The van der Waals surface area contributed by atoms with Crippen molar-refractivity contribution in [3.05, 3.63) is 60.8 Å². The molecule has 0 aliphatic heterocycles. The molecule has 0 aromatic rings. The van der Waals surface area contributed by atoms with Gasteiger partial charge in [0.25, 0.3) is 0 Å². The second-order valence-electron chi connectivity index (χ2n) is 15.9. The quantitative estimate of drug-likeness (QED) is 0.0144. The van der Waals surface area contributed by atoms with Crippen molar-refractivity contribution in [2.75, 3.05) is 67.6 Å². The number of nitrogens with zero attached hydrogens (tertiary/aromatic N) is 2. The Morgan fingerprint density at radius 3 is 1.79 bits per heavy atom. The smallest absolute Gasteiger partial charge is 0.363 e. The maximum absolute atomic E-state index is 12.8. The van der Waals surface area contributed by atoms with Gasteiger partial charge in [-0.3, -0.25) is 14.4 Å². The lowest BCUT2D eigenvalue weighted by atomic mass is 10.0. The van der Waals surface area contributed by atoms with Crippen LogP contribution in [-0.2, 0) is 42.9 Å². The van der Waals surface area contributed by atoms with E-state index in [9.17, 15) is 29.1 Å². The Balaban J connectivity index is 4.83. The first-order valence-electron chi connectivity index (χ1n) is 21.0. The number of carbonyl (C=O) groups excluding carboxylic acids is 5. The van der Waals surface area contributed by atoms with Crippen LogP contribution in [0.25, 0.3) is 0 Å². The molecule has 0 radical (unpaired) electrons.